The summed E-state index contributed by atoms with van der Waals surface area (Å²) < 4.78 is 5.64. The van der Waals surface area contributed by atoms with Crippen LogP contribution in [0.3, 0.4) is 0 Å². The number of carbonyl (C=O) groups excluding carboxylic acids is 1. The van der Waals surface area contributed by atoms with Crippen molar-refractivity contribution in [2.75, 3.05) is 6.61 Å². The van der Waals surface area contributed by atoms with Crippen LogP contribution in [-0.4, -0.2) is 23.5 Å². The van der Waals surface area contributed by atoms with E-state index in [9.17, 15) is 9.59 Å². The molecule has 1 saturated carbocycles. The normalized spacial score (nSPS) is 22.2. The number of hydrogen-bond acceptors (Lipinski definition) is 3. The Labute approximate surface area is 158 Å². The number of ether oxygens (including phenoxy) is 1. The zero-order chi connectivity index (χ0) is 18.4. The van der Waals surface area contributed by atoms with E-state index >= 15 is 0 Å². The third-order valence-electron chi connectivity index (χ3n) is 6.08. The minimum absolute atomic E-state index is 0.0416. The predicted molar refractivity (Wildman–Crippen MR) is 102 cm³/mol. The number of amides is 1. The van der Waals surface area contributed by atoms with Gasteiger partial charge >= 0.3 is 0 Å². The third kappa shape index (κ3) is 3.27. The first-order valence-electron chi connectivity index (χ1n) is 9.95. The van der Waals surface area contributed by atoms with E-state index in [0.717, 1.165) is 55.7 Å². The zero-order valence-electron chi connectivity index (χ0n) is 15.3. The molecule has 27 heavy (non-hydrogen) atoms. The number of carbonyl (C=O) groups is 1. The second-order valence-electron chi connectivity index (χ2n) is 8.03. The van der Waals surface area contributed by atoms with Crippen LogP contribution in [0.15, 0.2) is 35.1 Å². The average Bonchev–Trinajstić information content (AvgIpc) is 3.25. The summed E-state index contributed by atoms with van der Waals surface area (Å²) in [5, 5.41) is 3.07. The van der Waals surface area contributed by atoms with Crippen molar-refractivity contribution in [3.8, 4) is 5.75 Å². The van der Waals surface area contributed by atoms with Gasteiger partial charge in [-0.25, -0.2) is 0 Å². The van der Waals surface area contributed by atoms with E-state index in [2.05, 4.69) is 28.5 Å². The number of fused-ring (bicyclic) bond motifs is 1. The highest BCUT2D eigenvalue weighted by Crippen LogP contribution is 2.39. The fraction of sp³-hybridized carbons (Fsp3) is 0.455. The van der Waals surface area contributed by atoms with Gasteiger partial charge in [-0.3, -0.25) is 9.59 Å². The molecule has 1 aromatic heterocycles. The Kier molecular flexibility index (Phi) is 4.03. The molecule has 1 unspecified atom stereocenters. The summed E-state index contributed by atoms with van der Waals surface area (Å²) >= 11 is 0. The van der Waals surface area contributed by atoms with E-state index in [1.165, 1.54) is 11.1 Å². The minimum atomic E-state index is 0.0416. The first kappa shape index (κ1) is 16.6. The molecule has 1 aromatic carbocycles. The quantitative estimate of drug-likeness (QED) is 0.857. The molecule has 3 heterocycles. The van der Waals surface area contributed by atoms with E-state index in [1.54, 1.807) is 0 Å². The van der Waals surface area contributed by atoms with Crippen LogP contribution in [0.5, 0.6) is 5.75 Å². The largest absolute Gasteiger partial charge is 0.493 e. The summed E-state index contributed by atoms with van der Waals surface area (Å²) in [6, 6.07) is 10.6. The molecule has 5 rings (SSSR count). The molecule has 2 N–H and O–H groups in total. The Morgan fingerprint density at radius 1 is 1.07 bits per heavy atom. The Hall–Kier alpha value is -2.56. The van der Waals surface area contributed by atoms with Crippen molar-refractivity contribution in [2.24, 2.45) is 0 Å². The van der Waals surface area contributed by atoms with Crippen molar-refractivity contribution in [1.29, 1.82) is 0 Å². The Bertz CT molecular complexity index is 945. The van der Waals surface area contributed by atoms with Crippen molar-refractivity contribution in [3.63, 3.8) is 0 Å². The highest BCUT2D eigenvalue weighted by molar-refractivity contribution is 5.78. The van der Waals surface area contributed by atoms with E-state index in [1.807, 2.05) is 12.1 Å². The van der Waals surface area contributed by atoms with Gasteiger partial charge in [0.15, 0.2) is 0 Å². The summed E-state index contributed by atoms with van der Waals surface area (Å²) in [4.78, 5) is 27.4. The van der Waals surface area contributed by atoms with Crippen molar-refractivity contribution in [3.05, 3.63) is 63.1 Å². The number of benzene rings is 1. The molecule has 1 aliphatic carbocycles. The SMILES string of the molecule is O=C1CC[C@H](CC(c2ccc3c(c2)CCO3)c2ccc(C3CC3)c(=O)[nH]2)N1. The van der Waals surface area contributed by atoms with Crippen LogP contribution in [0.4, 0.5) is 0 Å². The standard InChI is InChI=1S/C22H24N2O3/c25-21-8-4-16(23-21)12-18(14-3-7-20-15(11-14)9-10-27-20)19-6-5-17(13-1-2-13)22(26)24-19/h3,5-7,11,13,16,18H,1-2,4,8-10,12H2,(H,23,25)(H,24,26)/t16-,18?/m1/s1. The zero-order valence-corrected chi connectivity index (χ0v) is 15.3. The fourth-order valence-electron chi connectivity index (χ4n) is 4.42. The van der Waals surface area contributed by atoms with Crippen LogP contribution < -0.4 is 15.6 Å². The van der Waals surface area contributed by atoms with Gasteiger partial charge in [-0.15, -0.1) is 0 Å². The number of rotatable bonds is 5. The molecule has 5 heteroatoms. The topological polar surface area (TPSA) is 71.2 Å². The molecular weight excluding hydrogens is 340 g/mol. The smallest absolute Gasteiger partial charge is 0.251 e. The molecule has 0 radical (unpaired) electrons. The lowest BCUT2D eigenvalue weighted by molar-refractivity contribution is -0.119. The Morgan fingerprint density at radius 3 is 2.70 bits per heavy atom. The number of aromatic amines is 1. The summed E-state index contributed by atoms with van der Waals surface area (Å²) in [7, 11) is 0. The molecule has 1 amide bonds. The van der Waals surface area contributed by atoms with Crippen molar-refractivity contribution in [1.82, 2.24) is 10.3 Å². The molecular formula is C22H24N2O3. The monoisotopic (exact) mass is 364 g/mol. The number of nitrogens with one attached hydrogen (secondary N) is 2. The van der Waals surface area contributed by atoms with Crippen LogP contribution in [-0.2, 0) is 11.2 Å². The first-order valence-corrected chi connectivity index (χ1v) is 9.95. The van der Waals surface area contributed by atoms with Gasteiger partial charge in [0.25, 0.3) is 5.56 Å². The van der Waals surface area contributed by atoms with Crippen molar-refractivity contribution >= 4 is 5.91 Å². The van der Waals surface area contributed by atoms with Gasteiger partial charge < -0.3 is 15.0 Å². The van der Waals surface area contributed by atoms with E-state index < -0.39 is 0 Å². The highest BCUT2D eigenvalue weighted by Gasteiger charge is 2.29. The summed E-state index contributed by atoms with van der Waals surface area (Å²) in [5.41, 5.74) is 4.29. The highest BCUT2D eigenvalue weighted by atomic mass is 16.5. The lowest BCUT2D eigenvalue weighted by atomic mass is 9.87. The molecule has 2 aromatic rings. The summed E-state index contributed by atoms with van der Waals surface area (Å²) in [6.45, 7) is 0.731. The summed E-state index contributed by atoms with van der Waals surface area (Å²) in [5.74, 6) is 1.58. The van der Waals surface area contributed by atoms with Gasteiger partial charge in [-0.2, -0.15) is 0 Å². The molecule has 2 atom stereocenters. The van der Waals surface area contributed by atoms with Crippen molar-refractivity contribution < 1.29 is 9.53 Å². The van der Waals surface area contributed by atoms with Crippen LogP contribution >= 0.6 is 0 Å². The Balaban J connectivity index is 1.50. The molecule has 2 aliphatic heterocycles. The molecule has 140 valence electrons. The van der Waals surface area contributed by atoms with Gasteiger partial charge in [-0.05, 0) is 54.9 Å². The second kappa shape index (κ2) is 6.55. The van der Waals surface area contributed by atoms with Crippen LogP contribution in [0.25, 0.3) is 0 Å². The first-order chi connectivity index (χ1) is 13.2. The maximum Gasteiger partial charge on any atom is 0.251 e. The predicted octanol–water partition coefficient (Wildman–Crippen LogP) is 2.99. The molecule has 0 spiro atoms. The molecule has 2 fully saturated rings. The van der Waals surface area contributed by atoms with E-state index in [4.69, 9.17) is 4.74 Å². The number of H-pyrrole nitrogens is 1. The lowest BCUT2D eigenvalue weighted by Crippen LogP contribution is -2.28. The van der Waals surface area contributed by atoms with Gasteiger partial charge in [0.05, 0.1) is 6.61 Å². The molecule has 1 saturated heterocycles. The molecule has 5 nitrogen and oxygen atoms in total. The number of aromatic nitrogens is 1. The number of pyridine rings is 1. The molecule has 3 aliphatic rings. The number of hydrogen-bond donors (Lipinski definition) is 2. The minimum Gasteiger partial charge on any atom is -0.493 e. The van der Waals surface area contributed by atoms with Gasteiger partial charge in [0.1, 0.15) is 5.75 Å². The van der Waals surface area contributed by atoms with Crippen molar-refractivity contribution in [2.45, 2.75) is 56.4 Å². The fourth-order valence-corrected chi connectivity index (χ4v) is 4.42. The molecule has 0 bridgehead atoms. The van der Waals surface area contributed by atoms with Crippen LogP contribution in [0, 0.1) is 0 Å². The maximum atomic E-state index is 12.6. The summed E-state index contributed by atoms with van der Waals surface area (Å²) in [6.07, 6.45) is 5.40. The van der Waals surface area contributed by atoms with E-state index in [0.29, 0.717) is 12.3 Å². The van der Waals surface area contributed by atoms with Crippen LogP contribution in [0.2, 0.25) is 0 Å². The Morgan fingerprint density at radius 2 is 1.96 bits per heavy atom. The van der Waals surface area contributed by atoms with Gasteiger partial charge in [0.2, 0.25) is 5.91 Å². The third-order valence-corrected chi connectivity index (χ3v) is 6.08. The maximum absolute atomic E-state index is 12.6. The van der Waals surface area contributed by atoms with Crippen LogP contribution in [0.1, 0.15) is 66.3 Å². The van der Waals surface area contributed by atoms with E-state index in [-0.39, 0.29) is 23.4 Å². The second-order valence-corrected chi connectivity index (χ2v) is 8.03. The lowest BCUT2D eigenvalue weighted by Gasteiger charge is -2.22. The van der Waals surface area contributed by atoms with Gasteiger partial charge in [-0.1, -0.05) is 18.2 Å². The average molecular weight is 364 g/mol. The van der Waals surface area contributed by atoms with Gasteiger partial charge in [0, 0.05) is 36.1 Å².